The molecule has 0 aliphatic carbocycles. The average Bonchev–Trinajstić information content (AvgIpc) is 2.65. The lowest BCUT2D eigenvalue weighted by Gasteiger charge is -2.25. The predicted molar refractivity (Wildman–Crippen MR) is 72.0 cm³/mol. The van der Waals surface area contributed by atoms with E-state index in [1.165, 1.54) is 22.8 Å². The van der Waals surface area contributed by atoms with Gasteiger partial charge in [0.1, 0.15) is 0 Å². The highest BCUT2D eigenvalue weighted by atomic mass is 35.5. The van der Waals surface area contributed by atoms with Crippen molar-refractivity contribution in [1.29, 1.82) is 0 Å². The first-order valence-corrected chi connectivity index (χ1v) is 8.96. The van der Waals surface area contributed by atoms with Gasteiger partial charge in [0, 0.05) is 5.88 Å². The number of hydrogen-bond acceptors (Lipinski definition) is 1. The largest absolute Gasteiger partial charge is 0.405 e. The van der Waals surface area contributed by atoms with Gasteiger partial charge in [-0.15, -0.1) is 11.6 Å². The number of benzene rings is 1. The molecule has 1 aliphatic heterocycles. The van der Waals surface area contributed by atoms with E-state index in [9.17, 15) is 0 Å². The van der Waals surface area contributed by atoms with Gasteiger partial charge < -0.3 is 4.43 Å². The highest BCUT2D eigenvalue weighted by Gasteiger charge is 2.44. The lowest BCUT2D eigenvalue weighted by atomic mass is 10.1. The Balaban J connectivity index is 2.42. The molecular weight excluding hydrogens is 236 g/mol. The number of hydrogen-bond donors (Lipinski definition) is 0. The zero-order valence-electron chi connectivity index (χ0n) is 10.0. The summed E-state index contributed by atoms with van der Waals surface area (Å²) in [6.45, 7) is 4.52. The van der Waals surface area contributed by atoms with Crippen LogP contribution in [0.3, 0.4) is 0 Å². The molecule has 0 fully saturated rings. The highest BCUT2D eigenvalue weighted by Crippen LogP contribution is 2.36. The third-order valence-electron chi connectivity index (χ3n) is 3.68. The Morgan fingerprint density at radius 3 is 2.56 bits per heavy atom. The van der Waals surface area contributed by atoms with Gasteiger partial charge in [-0.25, -0.2) is 0 Å². The maximum Gasteiger partial charge on any atom is 0.224 e. The van der Waals surface area contributed by atoms with E-state index in [2.05, 4.69) is 38.1 Å². The minimum atomic E-state index is -1.66. The fourth-order valence-electron chi connectivity index (χ4n) is 2.70. The van der Waals surface area contributed by atoms with Crippen molar-refractivity contribution in [2.24, 2.45) is 0 Å². The molecule has 0 radical (unpaired) electrons. The molecule has 1 aromatic carbocycles. The molecule has 0 saturated carbocycles. The van der Waals surface area contributed by atoms with Crippen molar-refractivity contribution in [3.05, 3.63) is 29.8 Å². The maximum absolute atomic E-state index is 6.41. The smallest absolute Gasteiger partial charge is 0.224 e. The quantitative estimate of drug-likeness (QED) is 0.590. The minimum absolute atomic E-state index is 0.250. The van der Waals surface area contributed by atoms with Crippen molar-refractivity contribution < 1.29 is 4.43 Å². The SMILES string of the molecule is CC[Si]1(CC)OC(CCCl)c2ccccc21. The molecule has 1 unspecified atom stereocenters. The molecule has 3 heteroatoms. The molecule has 1 heterocycles. The Bertz CT molecular complexity index is 363. The molecular formula is C13H19ClOSi. The molecule has 0 amide bonds. The Labute approximate surface area is 104 Å². The second-order valence-electron chi connectivity index (χ2n) is 4.37. The van der Waals surface area contributed by atoms with E-state index in [0.29, 0.717) is 5.88 Å². The first-order valence-electron chi connectivity index (χ1n) is 6.10. The molecule has 0 saturated heterocycles. The molecule has 0 N–H and O–H groups in total. The summed E-state index contributed by atoms with van der Waals surface area (Å²) in [5.41, 5.74) is 1.40. The second-order valence-corrected chi connectivity index (χ2v) is 8.93. The highest BCUT2D eigenvalue weighted by molar-refractivity contribution is 6.87. The summed E-state index contributed by atoms with van der Waals surface area (Å²) in [5, 5.41) is 1.51. The second kappa shape index (κ2) is 4.90. The summed E-state index contributed by atoms with van der Waals surface area (Å²) in [4.78, 5) is 0. The minimum Gasteiger partial charge on any atom is -0.405 e. The van der Waals surface area contributed by atoms with Gasteiger partial charge in [0.25, 0.3) is 0 Å². The van der Waals surface area contributed by atoms with Gasteiger partial charge in [-0.3, -0.25) is 0 Å². The van der Waals surface area contributed by atoms with Crippen LogP contribution in [0.2, 0.25) is 12.1 Å². The Hall–Kier alpha value is -0.313. The van der Waals surface area contributed by atoms with Gasteiger partial charge in [-0.2, -0.15) is 0 Å². The fourth-order valence-corrected chi connectivity index (χ4v) is 6.58. The summed E-state index contributed by atoms with van der Waals surface area (Å²) in [6, 6.07) is 11.1. The molecule has 1 atom stereocenters. The molecule has 0 spiro atoms. The molecule has 1 nitrogen and oxygen atoms in total. The molecule has 1 aromatic rings. The van der Waals surface area contributed by atoms with Crippen LogP contribution >= 0.6 is 11.6 Å². The van der Waals surface area contributed by atoms with Crippen molar-refractivity contribution in [3.63, 3.8) is 0 Å². The lowest BCUT2D eigenvalue weighted by Crippen LogP contribution is -2.45. The molecule has 0 bridgehead atoms. The summed E-state index contributed by atoms with van der Waals surface area (Å²) in [6.07, 6.45) is 1.19. The lowest BCUT2D eigenvalue weighted by molar-refractivity contribution is 0.207. The van der Waals surface area contributed by atoms with Crippen LogP contribution in [-0.2, 0) is 4.43 Å². The Morgan fingerprint density at radius 2 is 1.94 bits per heavy atom. The van der Waals surface area contributed by atoms with Crippen LogP contribution in [-0.4, -0.2) is 14.2 Å². The van der Waals surface area contributed by atoms with Crippen molar-refractivity contribution in [2.45, 2.75) is 38.5 Å². The first-order chi connectivity index (χ1) is 7.77. The topological polar surface area (TPSA) is 9.23 Å². The normalized spacial score (nSPS) is 22.1. The van der Waals surface area contributed by atoms with Crippen LogP contribution < -0.4 is 5.19 Å². The number of rotatable bonds is 4. The molecule has 2 rings (SSSR count). The van der Waals surface area contributed by atoms with Crippen LogP contribution in [0.15, 0.2) is 24.3 Å². The van der Waals surface area contributed by atoms with Gasteiger partial charge in [0.2, 0.25) is 8.32 Å². The molecule has 88 valence electrons. The third kappa shape index (κ3) is 1.83. The van der Waals surface area contributed by atoms with E-state index in [4.69, 9.17) is 16.0 Å². The molecule has 0 aromatic heterocycles. The van der Waals surface area contributed by atoms with Gasteiger partial charge in [-0.05, 0) is 29.3 Å². The summed E-state index contributed by atoms with van der Waals surface area (Å²) >= 11 is 5.86. The van der Waals surface area contributed by atoms with Crippen LogP contribution in [0.4, 0.5) is 0 Å². The van der Waals surface area contributed by atoms with Crippen LogP contribution in [0.25, 0.3) is 0 Å². The predicted octanol–water partition coefficient (Wildman–Crippen LogP) is 3.58. The van der Waals surface area contributed by atoms with Gasteiger partial charge >= 0.3 is 0 Å². The summed E-state index contributed by atoms with van der Waals surface area (Å²) < 4.78 is 6.41. The fraction of sp³-hybridized carbons (Fsp3) is 0.538. The first kappa shape index (κ1) is 12.2. The van der Waals surface area contributed by atoms with Crippen molar-refractivity contribution >= 4 is 25.1 Å². The van der Waals surface area contributed by atoms with Gasteiger partial charge in [0.15, 0.2) is 0 Å². The van der Waals surface area contributed by atoms with E-state index in [1.807, 2.05) is 0 Å². The monoisotopic (exact) mass is 254 g/mol. The van der Waals surface area contributed by atoms with E-state index in [1.54, 1.807) is 0 Å². The number of halogens is 1. The van der Waals surface area contributed by atoms with Crippen molar-refractivity contribution in [3.8, 4) is 0 Å². The van der Waals surface area contributed by atoms with Crippen molar-refractivity contribution in [1.82, 2.24) is 0 Å². The zero-order chi connectivity index (χ0) is 11.6. The van der Waals surface area contributed by atoms with E-state index in [-0.39, 0.29) is 6.10 Å². The third-order valence-corrected chi connectivity index (χ3v) is 8.36. The van der Waals surface area contributed by atoms with Crippen LogP contribution in [0.1, 0.15) is 31.9 Å². The van der Waals surface area contributed by atoms with E-state index < -0.39 is 8.32 Å². The number of alkyl halides is 1. The van der Waals surface area contributed by atoms with Crippen LogP contribution in [0.5, 0.6) is 0 Å². The van der Waals surface area contributed by atoms with Crippen LogP contribution in [0, 0.1) is 0 Å². The van der Waals surface area contributed by atoms with Gasteiger partial charge in [-0.1, -0.05) is 38.1 Å². The van der Waals surface area contributed by atoms with Gasteiger partial charge in [0.05, 0.1) is 6.10 Å². The maximum atomic E-state index is 6.41. The Morgan fingerprint density at radius 1 is 1.25 bits per heavy atom. The average molecular weight is 255 g/mol. The summed E-state index contributed by atoms with van der Waals surface area (Å²) in [5.74, 6) is 0.677. The van der Waals surface area contributed by atoms with E-state index in [0.717, 1.165) is 6.42 Å². The summed E-state index contributed by atoms with van der Waals surface area (Å²) in [7, 11) is -1.66. The standard InChI is InChI=1S/C13H19ClOSi/c1-3-16(4-2)13-8-6-5-7-11(13)12(15-16)9-10-14/h5-8,12H,3-4,9-10H2,1-2H3. The zero-order valence-corrected chi connectivity index (χ0v) is 11.8. The number of fused-ring (bicyclic) bond motifs is 1. The molecule has 1 aliphatic rings. The molecule has 16 heavy (non-hydrogen) atoms. The van der Waals surface area contributed by atoms with E-state index >= 15 is 0 Å². The Kier molecular flexibility index (Phi) is 3.72. The van der Waals surface area contributed by atoms with Crippen molar-refractivity contribution in [2.75, 3.05) is 5.88 Å².